The summed E-state index contributed by atoms with van der Waals surface area (Å²) in [5.74, 6) is -1.29. The number of nitrogens with zero attached hydrogens (tertiary/aromatic N) is 1. The summed E-state index contributed by atoms with van der Waals surface area (Å²) < 4.78 is 27.6. The Bertz CT molecular complexity index is 1550. The molecule has 2 amide bonds. The largest absolute Gasteiger partial charge is 0.480 e. The van der Waals surface area contributed by atoms with Gasteiger partial charge in [-0.25, -0.2) is 13.2 Å². The molecule has 200 valence electrons. The first-order valence-electron chi connectivity index (χ1n) is 11.8. The number of hydrogen-bond donors (Lipinski definition) is 4. The lowest BCUT2D eigenvalue weighted by molar-refractivity contribution is -0.138. The van der Waals surface area contributed by atoms with Crippen LogP contribution in [-0.4, -0.2) is 36.6 Å². The molecule has 1 unspecified atom stereocenters. The van der Waals surface area contributed by atoms with Gasteiger partial charge in [0.1, 0.15) is 6.04 Å². The number of pyridine rings is 1. The van der Waals surface area contributed by atoms with Crippen LogP contribution >= 0.6 is 11.6 Å². The molecule has 4 rings (SSSR count). The van der Waals surface area contributed by atoms with Gasteiger partial charge < -0.3 is 15.7 Å². The van der Waals surface area contributed by atoms with Crippen molar-refractivity contribution in [2.75, 3.05) is 5.32 Å². The van der Waals surface area contributed by atoms with Crippen LogP contribution in [0.15, 0.2) is 102 Å². The predicted molar refractivity (Wildman–Crippen MR) is 149 cm³/mol. The molecule has 0 spiro atoms. The maximum atomic E-state index is 12.7. The molecule has 0 fully saturated rings. The Hall–Kier alpha value is -4.25. The topological polar surface area (TPSA) is 137 Å². The zero-order valence-electron chi connectivity index (χ0n) is 20.5. The summed E-state index contributed by atoms with van der Waals surface area (Å²) in [6.07, 6.45) is 3.26. The van der Waals surface area contributed by atoms with Crippen molar-refractivity contribution in [3.63, 3.8) is 0 Å². The fraction of sp³-hybridized carbons (Fsp3) is 0.107. The van der Waals surface area contributed by atoms with Gasteiger partial charge in [-0.05, 0) is 77.2 Å². The van der Waals surface area contributed by atoms with E-state index in [2.05, 4.69) is 20.3 Å². The summed E-state index contributed by atoms with van der Waals surface area (Å²) in [6.45, 7) is 0.364. The van der Waals surface area contributed by atoms with Crippen LogP contribution in [0, 0.1) is 0 Å². The van der Waals surface area contributed by atoms with Crippen LogP contribution in [0.1, 0.15) is 11.1 Å². The van der Waals surface area contributed by atoms with E-state index >= 15 is 0 Å². The molecule has 0 aliphatic carbocycles. The Morgan fingerprint density at radius 1 is 0.872 bits per heavy atom. The molecule has 0 aliphatic rings. The summed E-state index contributed by atoms with van der Waals surface area (Å²) in [4.78, 5) is 28.0. The molecule has 1 atom stereocenters. The van der Waals surface area contributed by atoms with E-state index in [-0.39, 0.29) is 17.3 Å². The summed E-state index contributed by atoms with van der Waals surface area (Å²) >= 11 is 5.81. The van der Waals surface area contributed by atoms with Crippen LogP contribution in [0.25, 0.3) is 11.1 Å². The number of anilines is 1. The SMILES string of the molecule is O=C(NCc1ccncc1)Nc1cccc(-c2ccc(CC(NS(=O)(=O)c3ccc(Cl)cc3)C(=O)O)cc2)c1. The second-order valence-corrected chi connectivity index (χ2v) is 10.8. The third-order valence-corrected chi connectivity index (χ3v) is 7.51. The number of urea groups is 1. The number of amides is 2. The number of carbonyl (C=O) groups is 2. The molecule has 4 N–H and O–H groups in total. The van der Waals surface area contributed by atoms with Crippen molar-refractivity contribution < 1.29 is 23.1 Å². The van der Waals surface area contributed by atoms with E-state index in [9.17, 15) is 23.1 Å². The van der Waals surface area contributed by atoms with Gasteiger partial charge in [0.05, 0.1) is 4.90 Å². The third-order valence-electron chi connectivity index (χ3n) is 5.77. The van der Waals surface area contributed by atoms with Crippen molar-refractivity contribution in [1.82, 2.24) is 15.0 Å². The van der Waals surface area contributed by atoms with Crippen LogP contribution in [0.4, 0.5) is 10.5 Å². The van der Waals surface area contributed by atoms with Crippen molar-refractivity contribution in [2.24, 2.45) is 0 Å². The Labute approximate surface area is 230 Å². The van der Waals surface area contributed by atoms with Crippen LogP contribution < -0.4 is 15.4 Å². The summed E-state index contributed by atoms with van der Waals surface area (Å²) in [6, 6.07) is 21.8. The standard InChI is InChI=1S/C28H25ClN4O5S/c29-23-8-10-25(11-9-23)39(37,38)33-26(27(34)35)16-19-4-6-21(7-5-19)22-2-1-3-24(17-22)32-28(36)31-18-20-12-14-30-15-13-20/h1-15,17,26,33H,16,18H2,(H,34,35)(H2,31,32,36). The molecule has 11 heteroatoms. The van der Waals surface area contributed by atoms with Gasteiger partial charge in [0.25, 0.3) is 0 Å². The molecule has 0 saturated heterocycles. The maximum Gasteiger partial charge on any atom is 0.322 e. The van der Waals surface area contributed by atoms with Gasteiger partial charge in [0, 0.05) is 29.6 Å². The summed E-state index contributed by atoms with van der Waals surface area (Å²) in [7, 11) is -4.06. The Morgan fingerprint density at radius 3 is 2.23 bits per heavy atom. The molecule has 0 aliphatic heterocycles. The van der Waals surface area contributed by atoms with Crippen LogP contribution in [0.5, 0.6) is 0 Å². The maximum absolute atomic E-state index is 12.7. The fourth-order valence-corrected chi connectivity index (χ4v) is 5.07. The van der Waals surface area contributed by atoms with E-state index in [0.29, 0.717) is 22.8 Å². The quantitative estimate of drug-likeness (QED) is 0.220. The number of rotatable bonds is 10. The highest BCUT2D eigenvalue weighted by Crippen LogP contribution is 2.24. The number of carbonyl (C=O) groups excluding carboxylic acids is 1. The van der Waals surface area contributed by atoms with Crippen molar-refractivity contribution in [3.05, 3.63) is 113 Å². The number of benzene rings is 3. The van der Waals surface area contributed by atoms with Gasteiger partial charge in [-0.2, -0.15) is 4.72 Å². The van der Waals surface area contributed by atoms with E-state index < -0.39 is 22.0 Å². The predicted octanol–water partition coefficient (Wildman–Crippen LogP) is 4.70. The zero-order valence-corrected chi connectivity index (χ0v) is 22.1. The zero-order chi connectivity index (χ0) is 27.8. The van der Waals surface area contributed by atoms with Gasteiger partial charge in [0.15, 0.2) is 0 Å². The number of halogens is 1. The molecule has 4 aromatic rings. The highest BCUT2D eigenvalue weighted by atomic mass is 35.5. The van der Waals surface area contributed by atoms with Gasteiger partial charge in [-0.3, -0.25) is 9.78 Å². The number of aromatic nitrogens is 1. The van der Waals surface area contributed by atoms with Crippen LogP contribution in [0.3, 0.4) is 0 Å². The number of carboxylic acids is 1. The lowest BCUT2D eigenvalue weighted by Gasteiger charge is -2.15. The van der Waals surface area contributed by atoms with Crippen molar-refractivity contribution in [1.29, 1.82) is 0 Å². The first-order chi connectivity index (χ1) is 18.7. The molecular weight excluding hydrogens is 540 g/mol. The number of hydrogen-bond acceptors (Lipinski definition) is 5. The average Bonchev–Trinajstić information content (AvgIpc) is 2.93. The second-order valence-electron chi connectivity index (χ2n) is 8.61. The lowest BCUT2D eigenvalue weighted by Crippen LogP contribution is -2.42. The highest BCUT2D eigenvalue weighted by Gasteiger charge is 2.25. The van der Waals surface area contributed by atoms with E-state index in [4.69, 9.17) is 11.6 Å². The lowest BCUT2D eigenvalue weighted by atomic mass is 10.0. The number of carboxylic acid groups (broad SMARTS) is 1. The van der Waals surface area contributed by atoms with Gasteiger partial charge in [-0.15, -0.1) is 0 Å². The number of sulfonamides is 1. The molecular formula is C28H25ClN4O5S. The van der Waals surface area contributed by atoms with E-state index in [1.165, 1.54) is 24.3 Å². The number of aliphatic carboxylic acids is 1. The Balaban J connectivity index is 1.39. The molecule has 0 saturated carbocycles. The van der Waals surface area contributed by atoms with Crippen molar-refractivity contribution in [3.8, 4) is 11.1 Å². The third kappa shape index (κ3) is 7.87. The molecule has 9 nitrogen and oxygen atoms in total. The van der Waals surface area contributed by atoms with Gasteiger partial charge in [-0.1, -0.05) is 48.0 Å². The molecule has 3 aromatic carbocycles. The van der Waals surface area contributed by atoms with E-state index in [1.54, 1.807) is 30.6 Å². The minimum atomic E-state index is -4.06. The Kier molecular flexibility index (Phi) is 8.92. The van der Waals surface area contributed by atoms with Gasteiger partial charge >= 0.3 is 12.0 Å². The average molecular weight is 565 g/mol. The molecule has 39 heavy (non-hydrogen) atoms. The monoisotopic (exact) mass is 564 g/mol. The minimum absolute atomic E-state index is 0.0539. The number of nitrogens with one attached hydrogen (secondary N) is 3. The Morgan fingerprint density at radius 2 is 1.56 bits per heavy atom. The first-order valence-corrected chi connectivity index (χ1v) is 13.7. The molecule has 1 heterocycles. The molecule has 0 bridgehead atoms. The second kappa shape index (κ2) is 12.5. The fourth-order valence-electron chi connectivity index (χ4n) is 3.75. The molecule has 1 aromatic heterocycles. The minimum Gasteiger partial charge on any atom is -0.480 e. The summed E-state index contributed by atoms with van der Waals surface area (Å²) in [5, 5.41) is 15.6. The smallest absolute Gasteiger partial charge is 0.322 e. The van der Waals surface area contributed by atoms with Crippen LogP contribution in [-0.2, 0) is 27.8 Å². The normalized spacial score (nSPS) is 11.9. The van der Waals surface area contributed by atoms with Gasteiger partial charge in [0.2, 0.25) is 10.0 Å². The van der Waals surface area contributed by atoms with Crippen molar-refractivity contribution >= 4 is 39.3 Å². The first kappa shape index (κ1) is 27.8. The van der Waals surface area contributed by atoms with Crippen molar-refractivity contribution in [2.45, 2.75) is 23.9 Å². The molecule has 0 radical (unpaired) electrons. The van der Waals surface area contributed by atoms with E-state index in [0.717, 1.165) is 16.7 Å². The highest BCUT2D eigenvalue weighted by molar-refractivity contribution is 7.89. The van der Waals surface area contributed by atoms with Crippen LogP contribution in [0.2, 0.25) is 5.02 Å². The van der Waals surface area contributed by atoms with E-state index in [1.807, 2.05) is 42.5 Å². The summed E-state index contributed by atoms with van der Waals surface area (Å²) in [5.41, 5.74) is 3.85.